The summed E-state index contributed by atoms with van der Waals surface area (Å²) in [6.45, 7) is -0.289. The fourth-order valence-corrected chi connectivity index (χ4v) is 4.21. The zero-order valence-electron chi connectivity index (χ0n) is 10.7. The summed E-state index contributed by atoms with van der Waals surface area (Å²) in [7, 11) is -4.70. The Labute approximate surface area is 121 Å². The van der Waals surface area contributed by atoms with E-state index < -0.39 is 26.0 Å². The van der Waals surface area contributed by atoms with Crippen LogP contribution in [0.5, 0.6) is 0 Å². The molecule has 0 bridgehead atoms. The zero-order valence-corrected chi connectivity index (χ0v) is 13.2. The molecule has 0 fully saturated rings. The quantitative estimate of drug-likeness (QED) is 0.696. The molecule has 20 heavy (non-hydrogen) atoms. The monoisotopic (exact) mass is 342 g/mol. The van der Waals surface area contributed by atoms with Crippen molar-refractivity contribution >= 4 is 37.4 Å². The van der Waals surface area contributed by atoms with E-state index in [0.717, 1.165) is 10.4 Å². The van der Waals surface area contributed by atoms with E-state index in [0.29, 0.717) is 11.3 Å². The van der Waals surface area contributed by atoms with E-state index >= 15 is 0 Å². The van der Waals surface area contributed by atoms with Crippen LogP contribution in [0.4, 0.5) is 0 Å². The number of hydrogen-bond donors (Lipinski definition) is 2. The molecule has 2 N–H and O–H groups in total. The second-order valence-electron chi connectivity index (χ2n) is 3.92. The van der Waals surface area contributed by atoms with Gasteiger partial charge in [0.05, 0.1) is 5.75 Å². The van der Waals surface area contributed by atoms with Gasteiger partial charge in [-0.2, -0.15) is 0 Å². The number of hydrogen-bond acceptors (Lipinski definition) is 6. The molecule has 0 aliphatic rings. The molecule has 1 aromatic heterocycles. The summed E-state index contributed by atoms with van der Waals surface area (Å²) in [5, 5.41) is 8.72. The van der Waals surface area contributed by atoms with Crippen LogP contribution in [0.25, 0.3) is 0 Å². The lowest BCUT2D eigenvalue weighted by Crippen LogP contribution is -2.33. The predicted octanol–water partition coefficient (Wildman–Crippen LogP) is -0.384. The van der Waals surface area contributed by atoms with E-state index in [1.54, 1.807) is 0 Å². The third kappa shape index (κ3) is 4.24. The zero-order chi connectivity index (χ0) is 15.6. The van der Waals surface area contributed by atoms with Crippen LogP contribution in [0.3, 0.4) is 0 Å². The highest BCUT2D eigenvalue weighted by Crippen LogP contribution is 2.21. The minimum Gasteiger partial charge on any atom is -0.477 e. The minimum absolute atomic E-state index is 0.105. The van der Waals surface area contributed by atoms with Crippen molar-refractivity contribution in [3.8, 4) is 0 Å². The van der Waals surface area contributed by atoms with Gasteiger partial charge in [-0.15, -0.1) is 11.3 Å². The predicted molar refractivity (Wildman–Crippen MR) is 73.9 cm³/mol. The van der Waals surface area contributed by atoms with Crippen molar-refractivity contribution in [2.24, 2.45) is 0 Å². The number of sulfonamides is 2. The Morgan fingerprint density at radius 3 is 2.35 bits per heavy atom. The fraction of sp³-hybridized carbons (Fsp3) is 0.444. The molecule has 0 aliphatic heterocycles. The molecule has 0 atom stereocenters. The lowest BCUT2D eigenvalue weighted by atomic mass is 10.5. The van der Waals surface area contributed by atoms with Crippen molar-refractivity contribution in [3.05, 3.63) is 17.0 Å². The first-order chi connectivity index (χ1) is 9.06. The Bertz CT molecular complexity index is 689. The maximum atomic E-state index is 11.8. The van der Waals surface area contributed by atoms with Crippen molar-refractivity contribution in [1.82, 2.24) is 9.03 Å². The molecule has 0 spiro atoms. The van der Waals surface area contributed by atoms with Crippen LogP contribution < -0.4 is 4.72 Å². The Morgan fingerprint density at radius 2 is 1.90 bits per heavy atom. The Hall–Kier alpha value is -1.01. The maximum absolute atomic E-state index is 11.8. The molecular formula is C9H14N2O6S3. The van der Waals surface area contributed by atoms with E-state index in [1.165, 1.54) is 20.2 Å². The summed E-state index contributed by atoms with van der Waals surface area (Å²) in [5.74, 6) is -1.59. The standard InChI is InChI=1S/C9H14N2O6S3/c1-11(2)19(14,15)6-5-10-20(16,17)8-4-3-7(18-8)9(12)13/h3-4,10H,5-6H2,1-2H3,(H,12,13). The molecule has 0 saturated carbocycles. The smallest absolute Gasteiger partial charge is 0.345 e. The molecule has 0 radical (unpaired) electrons. The third-order valence-electron chi connectivity index (χ3n) is 2.27. The summed E-state index contributed by atoms with van der Waals surface area (Å²) in [6.07, 6.45) is 0. The van der Waals surface area contributed by atoms with Crippen molar-refractivity contribution in [2.45, 2.75) is 4.21 Å². The molecule has 0 saturated heterocycles. The Balaban J connectivity index is 2.73. The van der Waals surface area contributed by atoms with Crippen LogP contribution in [0, 0.1) is 0 Å². The molecule has 1 rings (SSSR count). The van der Waals surface area contributed by atoms with E-state index in [4.69, 9.17) is 5.11 Å². The summed E-state index contributed by atoms with van der Waals surface area (Å²) in [6, 6.07) is 2.34. The number of carboxylic acids is 1. The van der Waals surface area contributed by atoms with Gasteiger partial charge in [0.15, 0.2) is 0 Å². The van der Waals surface area contributed by atoms with Crippen LogP contribution >= 0.6 is 11.3 Å². The van der Waals surface area contributed by atoms with Crippen LogP contribution in [0.1, 0.15) is 9.67 Å². The maximum Gasteiger partial charge on any atom is 0.345 e. The van der Waals surface area contributed by atoms with Gasteiger partial charge in [-0.1, -0.05) is 0 Å². The number of thiophene rings is 1. The van der Waals surface area contributed by atoms with Gasteiger partial charge in [0.25, 0.3) is 0 Å². The number of nitrogens with zero attached hydrogens (tertiary/aromatic N) is 1. The first-order valence-corrected chi connectivity index (χ1v) is 9.20. The average Bonchev–Trinajstić information content (AvgIpc) is 2.77. The van der Waals surface area contributed by atoms with E-state index in [2.05, 4.69) is 4.72 Å². The Morgan fingerprint density at radius 1 is 1.30 bits per heavy atom. The molecular weight excluding hydrogens is 328 g/mol. The number of nitrogens with one attached hydrogen (secondary N) is 1. The van der Waals surface area contributed by atoms with Gasteiger partial charge in [-0.3, -0.25) is 0 Å². The minimum atomic E-state index is -3.90. The van der Waals surface area contributed by atoms with Crippen LogP contribution in [0.15, 0.2) is 16.3 Å². The lowest BCUT2D eigenvalue weighted by molar-refractivity contribution is 0.0702. The number of carbonyl (C=O) groups is 1. The van der Waals surface area contributed by atoms with Crippen LogP contribution in [0.2, 0.25) is 0 Å². The number of rotatable bonds is 7. The molecule has 114 valence electrons. The van der Waals surface area contributed by atoms with Crippen molar-refractivity contribution < 1.29 is 26.7 Å². The summed E-state index contributed by atoms with van der Waals surface area (Å²) < 4.78 is 49.5. The van der Waals surface area contributed by atoms with Crippen molar-refractivity contribution in [2.75, 3.05) is 26.4 Å². The topological polar surface area (TPSA) is 121 Å². The number of carboxylic acid groups (broad SMARTS) is 1. The van der Waals surface area contributed by atoms with E-state index in [1.807, 2.05) is 0 Å². The average molecular weight is 342 g/mol. The molecule has 8 nitrogen and oxygen atoms in total. The first-order valence-electron chi connectivity index (χ1n) is 5.29. The van der Waals surface area contributed by atoms with Crippen molar-refractivity contribution in [1.29, 1.82) is 0 Å². The fourth-order valence-electron chi connectivity index (χ4n) is 1.14. The van der Waals surface area contributed by atoms with Gasteiger partial charge < -0.3 is 5.11 Å². The molecule has 1 aromatic rings. The first kappa shape index (κ1) is 17.0. The van der Waals surface area contributed by atoms with Gasteiger partial charge in [0, 0.05) is 20.6 Å². The SMILES string of the molecule is CN(C)S(=O)(=O)CCNS(=O)(=O)c1ccc(C(=O)O)s1. The summed E-state index contributed by atoms with van der Waals surface area (Å²) >= 11 is 0.602. The number of aromatic carboxylic acids is 1. The van der Waals surface area contributed by atoms with Gasteiger partial charge in [0.1, 0.15) is 9.09 Å². The largest absolute Gasteiger partial charge is 0.477 e. The molecule has 0 aliphatic carbocycles. The highest BCUT2D eigenvalue weighted by molar-refractivity contribution is 7.91. The van der Waals surface area contributed by atoms with Gasteiger partial charge in [-0.25, -0.2) is 30.7 Å². The second kappa shape index (κ2) is 6.18. The van der Waals surface area contributed by atoms with E-state index in [-0.39, 0.29) is 21.4 Å². The Kier molecular flexibility index (Phi) is 5.27. The molecule has 0 aromatic carbocycles. The molecule has 0 amide bonds. The van der Waals surface area contributed by atoms with Crippen LogP contribution in [-0.4, -0.2) is 58.6 Å². The van der Waals surface area contributed by atoms with Crippen LogP contribution in [-0.2, 0) is 20.0 Å². The van der Waals surface area contributed by atoms with Gasteiger partial charge in [-0.05, 0) is 12.1 Å². The third-order valence-corrected chi connectivity index (χ3v) is 7.12. The summed E-state index contributed by atoms with van der Waals surface area (Å²) in [5.41, 5.74) is 0. The highest BCUT2D eigenvalue weighted by atomic mass is 32.2. The van der Waals surface area contributed by atoms with Gasteiger partial charge >= 0.3 is 5.97 Å². The molecule has 0 unspecified atom stereocenters. The van der Waals surface area contributed by atoms with E-state index in [9.17, 15) is 21.6 Å². The highest BCUT2D eigenvalue weighted by Gasteiger charge is 2.20. The summed E-state index contributed by atoms with van der Waals surface area (Å²) in [4.78, 5) is 10.6. The van der Waals surface area contributed by atoms with Crippen molar-refractivity contribution in [3.63, 3.8) is 0 Å². The van der Waals surface area contributed by atoms with Gasteiger partial charge in [0.2, 0.25) is 20.0 Å². The molecule has 1 heterocycles. The normalized spacial score (nSPS) is 12.8. The lowest BCUT2D eigenvalue weighted by Gasteiger charge is -2.11. The second-order valence-corrected chi connectivity index (χ2v) is 9.30. The molecule has 11 heteroatoms.